The fourth-order valence-corrected chi connectivity index (χ4v) is 2.33. The molecular formula is C14H21N3O. The molecule has 0 bridgehead atoms. The van der Waals surface area contributed by atoms with Gasteiger partial charge < -0.3 is 16.0 Å². The van der Waals surface area contributed by atoms with E-state index < -0.39 is 0 Å². The highest BCUT2D eigenvalue weighted by Gasteiger charge is 2.20. The summed E-state index contributed by atoms with van der Waals surface area (Å²) in [6, 6.07) is 8.38. The number of rotatable bonds is 3. The lowest BCUT2D eigenvalue weighted by atomic mass is 9.95. The highest BCUT2D eigenvalue weighted by Crippen LogP contribution is 2.20. The first-order valence-corrected chi connectivity index (χ1v) is 6.50. The van der Waals surface area contributed by atoms with E-state index in [-0.39, 0.29) is 5.91 Å². The third-order valence-corrected chi connectivity index (χ3v) is 3.32. The van der Waals surface area contributed by atoms with Crippen molar-refractivity contribution in [1.82, 2.24) is 5.32 Å². The second-order valence-electron chi connectivity index (χ2n) is 4.98. The summed E-state index contributed by atoms with van der Waals surface area (Å²) in [7, 11) is 0. The highest BCUT2D eigenvalue weighted by molar-refractivity contribution is 5.89. The Hall–Kier alpha value is -1.55. The van der Waals surface area contributed by atoms with Gasteiger partial charge >= 0.3 is 0 Å². The number of carbonyl (C=O) groups is 1. The van der Waals surface area contributed by atoms with Crippen molar-refractivity contribution in [3.8, 4) is 0 Å². The predicted octanol–water partition coefficient (Wildman–Crippen LogP) is 2.05. The molecule has 3 N–H and O–H groups in total. The van der Waals surface area contributed by atoms with Crippen LogP contribution in [0.5, 0.6) is 0 Å². The van der Waals surface area contributed by atoms with Gasteiger partial charge in [0.25, 0.3) is 0 Å². The largest absolute Gasteiger partial charge is 0.382 e. The van der Waals surface area contributed by atoms with Crippen LogP contribution in [0.2, 0.25) is 0 Å². The van der Waals surface area contributed by atoms with Crippen LogP contribution in [0.3, 0.4) is 0 Å². The van der Waals surface area contributed by atoms with Crippen molar-refractivity contribution < 1.29 is 4.79 Å². The van der Waals surface area contributed by atoms with E-state index in [1.165, 1.54) is 6.92 Å². The summed E-state index contributed by atoms with van der Waals surface area (Å²) < 4.78 is 0. The number of amides is 1. The molecule has 1 aromatic carbocycles. The maximum absolute atomic E-state index is 11.0. The van der Waals surface area contributed by atoms with Crippen LogP contribution in [-0.2, 0) is 4.79 Å². The van der Waals surface area contributed by atoms with Crippen LogP contribution in [0.1, 0.15) is 20.3 Å². The van der Waals surface area contributed by atoms with Crippen molar-refractivity contribution in [2.45, 2.75) is 26.3 Å². The minimum atomic E-state index is -0.0395. The van der Waals surface area contributed by atoms with Gasteiger partial charge in [-0.05, 0) is 43.6 Å². The molecule has 1 aliphatic rings. The van der Waals surface area contributed by atoms with Crippen molar-refractivity contribution in [2.24, 2.45) is 5.92 Å². The SMILES string of the molecule is CC(=O)Nc1cccc(N[C@H]2CCNC[C@H]2C)c1. The Bertz CT molecular complexity index is 419. The standard InChI is InChI=1S/C14H21N3O/c1-10-9-15-7-6-14(10)17-13-5-3-4-12(8-13)16-11(2)18/h3-5,8,10,14-15,17H,6-7,9H2,1-2H3,(H,16,18)/t10-,14+/m1/s1. The molecule has 1 heterocycles. The number of carbonyl (C=O) groups excluding carboxylic acids is 1. The van der Waals surface area contributed by atoms with Crippen molar-refractivity contribution >= 4 is 17.3 Å². The molecule has 0 aliphatic carbocycles. The van der Waals surface area contributed by atoms with Gasteiger partial charge in [-0.1, -0.05) is 13.0 Å². The molecule has 98 valence electrons. The lowest BCUT2D eigenvalue weighted by molar-refractivity contribution is -0.114. The number of benzene rings is 1. The summed E-state index contributed by atoms with van der Waals surface area (Å²) >= 11 is 0. The first kappa shape index (κ1) is 12.9. The van der Waals surface area contributed by atoms with Crippen LogP contribution in [0.15, 0.2) is 24.3 Å². The van der Waals surface area contributed by atoms with Crippen molar-refractivity contribution in [3.05, 3.63) is 24.3 Å². The number of hydrogen-bond acceptors (Lipinski definition) is 3. The van der Waals surface area contributed by atoms with Gasteiger partial charge in [-0.2, -0.15) is 0 Å². The van der Waals surface area contributed by atoms with Crippen LogP contribution in [0.25, 0.3) is 0 Å². The van der Waals surface area contributed by atoms with E-state index in [0.717, 1.165) is 30.9 Å². The molecule has 1 fully saturated rings. The number of anilines is 2. The molecule has 1 saturated heterocycles. The van der Waals surface area contributed by atoms with Crippen LogP contribution < -0.4 is 16.0 Å². The topological polar surface area (TPSA) is 53.2 Å². The Kier molecular flexibility index (Phi) is 4.20. The Balaban J connectivity index is 2.02. The Morgan fingerprint density at radius 2 is 2.17 bits per heavy atom. The first-order valence-electron chi connectivity index (χ1n) is 6.50. The zero-order valence-electron chi connectivity index (χ0n) is 11.0. The summed E-state index contributed by atoms with van der Waals surface area (Å²) in [6.45, 7) is 5.90. The van der Waals surface area contributed by atoms with Crippen molar-refractivity contribution in [3.63, 3.8) is 0 Å². The third kappa shape index (κ3) is 3.47. The first-order chi connectivity index (χ1) is 8.65. The van der Waals surface area contributed by atoms with E-state index in [4.69, 9.17) is 0 Å². The monoisotopic (exact) mass is 247 g/mol. The average Bonchev–Trinajstić information content (AvgIpc) is 2.32. The van der Waals surface area contributed by atoms with Crippen LogP contribution in [0.4, 0.5) is 11.4 Å². The second kappa shape index (κ2) is 5.87. The minimum Gasteiger partial charge on any atom is -0.382 e. The summed E-state index contributed by atoms with van der Waals surface area (Å²) in [6.07, 6.45) is 1.13. The Morgan fingerprint density at radius 3 is 2.89 bits per heavy atom. The number of hydrogen-bond donors (Lipinski definition) is 3. The fourth-order valence-electron chi connectivity index (χ4n) is 2.33. The molecule has 0 saturated carbocycles. The van der Waals surface area contributed by atoms with E-state index in [9.17, 15) is 4.79 Å². The molecule has 0 radical (unpaired) electrons. The average molecular weight is 247 g/mol. The summed E-state index contributed by atoms with van der Waals surface area (Å²) in [5.74, 6) is 0.575. The molecule has 18 heavy (non-hydrogen) atoms. The summed E-state index contributed by atoms with van der Waals surface area (Å²) in [5.41, 5.74) is 1.91. The molecule has 2 rings (SSSR count). The smallest absolute Gasteiger partial charge is 0.221 e. The number of nitrogens with one attached hydrogen (secondary N) is 3. The normalized spacial score (nSPS) is 23.4. The van der Waals surface area contributed by atoms with Gasteiger partial charge in [0.1, 0.15) is 0 Å². The maximum atomic E-state index is 11.0. The van der Waals surface area contributed by atoms with Gasteiger partial charge in [0.05, 0.1) is 0 Å². The van der Waals surface area contributed by atoms with Gasteiger partial charge in [-0.15, -0.1) is 0 Å². The van der Waals surface area contributed by atoms with Crippen LogP contribution >= 0.6 is 0 Å². The van der Waals surface area contributed by atoms with Crippen molar-refractivity contribution in [1.29, 1.82) is 0 Å². The van der Waals surface area contributed by atoms with Gasteiger partial charge in [-0.3, -0.25) is 4.79 Å². The zero-order valence-corrected chi connectivity index (χ0v) is 11.0. The quantitative estimate of drug-likeness (QED) is 0.766. The molecule has 4 heteroatoms. The molecule has 0 spiro atoms. The summed E-state index contributed by atoms with van der Waals surface area (Å²) in [4.78, 5) is 11.0. The number of piperidine rings is 1. The minimum absolute atomic E-state index is 0.0395. The molecular weight excluding hydrogens is 226 g/mol. The molecule has 2 atom stereocenters. The Morgan fingerprint density at radius 1 is 1.39 bits per heavy atom. The van der Waals surface area contributed by atoms with Crippen LogP contribution in [0, 0.1) is 5.92 Å². The van der Waals surface area contributed by atoms with Crippen molar-refractivity contribution in [2.75, 3.05) is 23.7 Å². The van der Waals surface area contributed by atoms with E-state index >= 15 is 0 Å². The van der Waals surface area contributed by atoms with Gasteiger partial charge in [0.2, 0.25) is 5.91 Å². The third-order valence-electron chi connectivity index (χ3n) is 3.32. The van der Waals surface area contributed by atoms with E-state index in [1.54, 1.807) is 0 Å². The molecule has 1 aliphatic heterocycles. The highest BCUT2D eigenvalue weighted by atomic mass is 16.1. The molecule has 4 nitrogen and oxygen atoms in total. The molecule has 1 aromatic rings. The molecule has 0 aromatic heterocycles. The molecule has 0 unspecified atom stereocenters. The molecule has 1 amide bonds. The summed E-state index contributed by atoms with van der Waals surface area (Å²) in [5, 5.41) is 9.75. The zero-order chi connectivity index (χ0) is 13.0. The fraction of sp³-hybridized carbons (Fsp3) is 0.500. The predicted molar refractivity (Wildman–Crippen MR) is 74.8 cm³/mol. The van der Waals surface area contributed by atoms with Crippen LogP contribution in [-0.4, -0.2) is 25.0 Å². The lowest BCUT2D eigenvalue weighted by Crippen LogP contribution is -2.42. The lowest BCUT2D eigenvalue weighted by Gasteiger charge is -2.31. The van der Waals surface area contributed by atoms with Gasteiger partial charge in [0.15, 0.2) is 0 Å². The Labute approximate surface area is 108 Å². The van der Waals surface area contributed by atoms with E-state index in [1.807, 2.05) is 24.3 Å². The van der Waals surface area contributed by atoms with Gasteiger partial charge in [0, 0.05) is 24.3 Å². The van der Waals surface area contributed by atoms with E-state index in [0.29, 0.717) is 12.0 Å². The van der Waals surface area contributed by atoms with Gasteiger partial charge in [-0.25, -0.2) is 0 Å². The maximum Gasteiger partial charge on any atom is 0.221 e. The second-order valence-corrected chi connectivity index (χ2v) is 4.98. The van der Waals surface area contributed by atoms with E-state index in [2.05, 4.69) is 22.9 Å².